The van der Waals surface area contributed by atoms with Crippen molar-refractivity contribution in [2.24, 2.45) is 5.73 Å². The number of hydrogen-bond donors (Lipinski definition) is 3. The summed E-state index contributed by atoms with van der Waals surface area (Å²) in [6, 6.07) is 2.33. The number of aromatic carboxylic acids is 1. The van der Waals surface area contributed by atoms with Crippen LogP contribution in [-0.4, -0.2) is 22.1 Å². The lowest BCUT2D eigenvalue weighted by atomic mass is 9.62. The molecular formula is C22H22BrF2NO4. The van der Waals surface area contributed by atoms with Gasteiger partial charge in [-0.25, -0.2) is 13.6 Å². The Labute approximate surface area is 181 Å². The first-order valence-electron chi connectivity index (χ1n) is 9.32. The van der Waals surface area contributed by atoms with E-state index in [1.807, 2.05) is 27.7 Å². The molecular weight excluding hydrogens is 460 g/mol. The molecule has 3 rings (SSSR count). The van der Waals surface area contributed by atoms with Gasteiger partial charge in [0.25, 0.3) is 5.91 Å². The van der Waals surface area contributed by atoms with E-state index in [0.29, 0.717) is 4.47 Å². The average Bonchev–Trinajstić information content (AvgIpc) is 2.59. The maximum Gasteiger partial charge on any atom is 0.341 e. The van der Waals surface area contributed by atoms with E-state index in [2.05, 4.69) is 15.9 Å². The Balaban J connectivity index is 2.46. The number of hydrogen-bond acceptors (Lipinski definition) is 3. The van der Waals surface area contributed by atoms with E-state index < -0.39 is 34.6 Å². The zero-order valence-electron chi connectivity index (χ0n) is 17.0. The van der Waals surface area contributed by atoms with Crippen molar-refractivity contribution in [2.75, 3.05) is 0 Å². The van der Waals surface area contributed by atoms with E-state index in [1.165, 1.54) is 0 Å². The van der Waals surface area contributed by atoms with Gasteiger partial charge in [0.15, 0.2) is 5.82 Å². The third-order valence-corrected chi connectivity index (χ3v) is 6.76. The quantitative estimate of drug-likeness (QED) is 0.557. The summed E-state index contributed by atoms with van der Waals surface area (Å²) in [5.74, 6) is -6.37. The van der Waals surface area contributed by atoms with Crippen molar-refractivity contribution < 1.29 is 28.6 Å². The highest BCUT2D eigenvalue weighted by Gasteiger charge is 2.40. The number of carbonyl (C=O) groups is 2. The van der Waals surface area contributed by atoms with Gasteiger partial charge >= 0.3 is 5.97 Å². The Bertz CT molecular complexity index is 1110. The summed E-state index contributed by atoms with van der Waals surface area (Å²) in [6.07, 6.45) is 1.71. The lowest BCUT2D eigenvalue weighted by molar-refractivity contribution is 0.0686. The van der Waals surface area contributed by atoms with E-state index in [1.54, 1.807) is 6.07 Å². The van der Waals surface area contributed by atoms with Gasteiger partial charge in [-0.2, -0.15) is 0 Å². The van der Waals surface area contributed by atoms with Crippen LogP contribution in [0.4, 0.5) is 8.78 Å². The number of carboxylic acids is 1. The molecule has 1 aliphatic rings. The number of amides is 1. The Hall–Kier alpha value is -2.48. The molecule has 2 aromatic rings. The molecule has 0 saturated heterocycles. The summed E-state index contributed by atoms with van der Waals surface area (Å²) < 4.78 is 29.7. The molecule has 0 unspecified atom stereocenters. The van der Waals surface area contributed by atoms with E-state index in [-0.39, 0.29) is 27.7 Å². The number of benzene rings is 2. The van der Waals surface area contributed by atoms with Crippen LogP contribution in [-0.2, 0) is 10.8 Å². The first kappa shape index (κ1) is 22.2. The first-order chi connectivity index (χ1) is 13.7. The third kappa shape index (κ3) is 3.27. The van der Waals surface area contributed by atoms with E-state index in [0.717, 1.165) is 30.0 Å². The van der Waals surface area contributed by atoms with E-state index in [9.17, 15) is 23.5 Å². The number of aromatic hydroxyl groups is 1. The maximum absolute atomic E-state index is 14.8. The van der Waals surface area contributed by atoms with Crippen molar-refractivity contribution >= 4 is 27.8 Å². The molecule has 0 heterocycles. The molecule has 2 aromatic carbocycles. The normalized spacial score (nSPS) is 16.8. The SMILES string of the molecule is CC1(C)CCC(C)(C)c2c1cc(-c1cc(F)c(C(=O)O)c(F)c1C(N)=O)c(O)c2Br. The minimum Gasteiger partial charge on any atom is -0.506 e. The lowest BCUT2D eigenvalue weighted by Gasteiger charge is -2.43. The summed E-state index contributed by atoms with van der Waals surface area (Å²) in [4.78, 5) is 23.2. The second-order valence-corrected chi connectivity index (χ2v) is 9.71. The van der Waals surface area contributed by atoms with Gasteiger partial charge in [-0.05, 0) is 62.9 Å². The fourth-order valence-electron chi connectivity index (χ4n) is 4.19. The van der Waals surface area contributed by atoms with Crippen LogP contribution in [0.2, 0.25) is 0 Å². The Kier molecular flexibility index (Phi) is 5.21. The first-order valence-corrected chi connectivity index (χ1v) is 10.1. The topological polar surface area (TPSA) is 101 Å². The van der Waals surface area contributed by atoms with Crippen molar-refractivity contribution in [3.8, 4) is 16.9 Å². The number of rotatable bonds is 3. The summed E-state index contributed by atoms with van der Waals surface area (Å²) in [5.41, 5.74) is 4.10. The zero-order chi connectivity index (χ0) is 22.8. The van der Waals surface area contributed by atoms with Crippen molar-refractivity contribution in [1.82, 2.24) is 0 Å². The lowest BCUT2D eigenvalue weighted by Crippen LogP contribution is -2.34. The monoisotopic (exact) mass is 481 g/mol. The van der Waals surface area contributed by atoms with Crippen molar-refractivity contribution in [2.45, 2.75) is 51.4 Å². The molecule has 30 heavy (non-hydrogen) atoms. The number of halogens is 3. The van der Waals surface area contributed by atoms with Crippen molar-refractivity contribution in [3.63, 3.8) is 0 Å². The minimum absolute atomic E-state index is 0.00469. The van der Waals surface area contributed by atoms with Crippen LogP contribution in [0, 0.1) is 11.6 Å². The summed E-state index contributed by atoms with van der Waals surface area (Å²) in [5, 5.41) is 20.0. The maximum atomic E-state index is 14.8. The van der Waals surface area contributed by atoms with Crippen LogP contribution < -0.4 is 5.73 Å². The highest BCUT2D eigenvalue weighted by atomic mass is 79.9. The van der Waals surface area contributed by atoms with Gasteiger partial charge in [0, 0.05) is 11.1 Å². The Morgan fingerprint density at radius 3 is 2.13 bits per heavy atom. The smallest absolute Gasteiger partial charge is 0.341 e. The highest BCUT2D eigenvalue weighted by molar-refractivity contribution is 9.10. The predicted octanol–water partition coefficient (Wildman–Crippen LogP) is 5.25. The van der Waals surface area contributed by atoms with Gasteiger partial charge in [-0.3, -0.25) is 4.79 Å². The second kappa shape index (κ2) is 7.04. The molecule has 1 aliphatic carbocycles. The number of carboxylic acid groups (broad SMARTS) is 1. The number of nitrogens with two attached hydrogens (primary N) is 1. The second-order valence-electron chi connectivity index (χ2n) is 8.92. The summed E-state index contributed by atoms with van der Waals surface area (Å²) in [6.45, 7) is 8.14. The molecule has 8 heteroatoms. The predicted molar refractivity (Wildman–Crippen MR) is 112 cm³/mol. The van der Waals surface area contributed by atoms with Gasteiger partial charge < -0.3 is 15.9 Å². The van der Waals surface area contributed by atoms with Gasteiger partial charge in [0.2, 0.25) is 0 Å². The van der Waals surface area contributed by atoms with Crippen molar-refractivity contribution in [1.29, 1.82) is 0 Å². The van der Waals surface area contributed by atoms with Gasteiger partial charge in [-0.15, -0.1) is 0 Å². The standard InChI is InChI=1S/C22H22BrF2NO4/c1-21(2)5-6-22(3,4)15-11(21)7-10(18(27)16(15)23)9-8-12(24)14(20(29)30)17(25)13(9)19(26)28/h7-8,27H,5-6H2,1-4H3,(H2,26,28)(H,29,30). The van der Waals surface area contributed by atoms with E-state index >= 15 is 0 Å². The molecule has 0 aliphatic heterocycles. The van der Waals surface area contributed by atoms with Crippen LogP contribution in [0.25, 0.3) is 11.1 Å². The number of phenolic OH excluding ortho intramolecular Hbond substituents is 1. The van der Waals surface area contributed by atoms with Crippen LogP contribution in [0.1, 0.15) is 72.4 Å². The molecule has 0 radical (unpaired) electrons. The molecule has 1 amide bonds. The van der Waals surface area contributed by atoms with Crippen LogP contribution in [0.3, 0.4) is 0 Å². The molecule has 160 valence electrons. The average molecular weight is 482 g/mol. The molecule has 0 spiro atoms. The van der Waals surface area contributed by atoms with Crippen LogP contribution >= 0.6 is 15.9 Å². The molecule has 0 atom stereocenters. The number of carbonyl (C=O) groups excluding carboxylic acids is 1. The van der Waals surface area contributed by atoms with Crippen LogP contribution in [0.5, 0.6) is 5.75 Å². The van der Waals surface area contributed by atoms with Crippen LogP contribution in [0.15, 0.2) is 16.6 Å². The van der Waals surface area contributed by atoms with Gasteiger partial charge in [-0.1, -0.05) is 27.7 Å². The minimum atomic E-state index is -1.86. The Morgan fingerprint density at radius 1 is 1.03 bits per heavy atom. The van der Waals surface area contributed by atoms with E-state index in [4.69, 9.17) is 10.8 Å². The zero-order valence-corrected chi connectivity index (χ0v) is 18.6. The fourth-order valence-corrected chi connectivity index (χ4v) is 5.16. The highest BCUT2D eigenvalue weighted by Crippen LogP contribution is 2.53. The van der Waals surface area contributed by atoms with Gasteiger partial charge in [0.1, 0.15) is 17.1 Å². The van der Waals surface area contributed by atoms with Gasteiger partial charge in [0.05, 0.1) is 10.0 Å². The summed E-state index contributed by atoms with van der Waals surface area (Å²) >= 11 is 3.43. The molecule has 0 bridgehead atoms. The molecule has 0 aromatic heterocycles. The number of phenols is 1. The third-order valence-electron chi connectivity index (χ3n) is 5.99. The fraction of sp³-hybridized carbons (Fsp3) is 0.364. The molecule has 4 N–H and O–H groups in total. The Morgan fingerprint density at radius 2 is 1.60 bits per heavy atom. The largest absolute Gasteiger partial charge is 0.506 e. The number of fused-ring (bicyclic) bond motifs is 1. The molecule has 0 saturated carbocycles. The van der Waals surface area contributed by atoms with Crippen molar-refractivity contribution in [3.05, 3.63) is 50.5 Å². The molecule has 5 nitrogen and oxygen atoms in total. The summed E-state index contributed by atoms with van der Waals surface area (Å²) in [7, 11) is 0. The molecule has 0 fully saturated rings. The number of primary amides is 1.